The predicted octanol–water partition coefficient (Wildman–Crippen LogP) is 2.90. The molecule has 0 bridgehead atoms. The number of rotatable bonds is 4. The Labute approximate surface area is 155 Å². The van der Waals surface area contributed by atoms with E-state index in [-0.39, 0.29) is 17.8 Å². The van der Waals surface area contributed by atoms with Gasteiger partial charge in [0.25, 0.3) is 5.91 Å². The van der Waals surface area contributed by atoms with E-state index in [9.17, 15) is 9.18 Å². The number of carbonyl (C=O) groups excluding carboxylic acids is 1. The molecule has 1 aromatic heterocycles. The number of nitrogens with zero attached hydrogens (tertiary/aromatic N) is 3. The maximum atomic E-state index is 13.6. The van der Waals surface area contributed by atoms with Crippen LogP contribution in [0.5, 0.6) is 0 Å². The third kappa shape index (κ3) is 3.70. The van der Waals surface area contributed by atoms with Crippen LogP contribution in [0, 0.1) is 5.82 Å². The molecule has 2 aromatic rings. The van der Waals surface area contributed by atoms with E-state index in [0.29, 0.717) is 26.2 Å². The fourth-order valence-electron chi connectivity index (χ4n) is 3.31. The number of hydrogen-bond donors (Lipinski definition) is 0. The number of thiophene rings is 1. The van der Waals surface area contributed by atoms with Gasteiger partial charge in [-0.05, 0) is 23.6 Å². The summed E-state index contributed by atoms with van der Waals surface area (Å²) in [6, 6.07) is 10.3. The summed E-state index contributed by atoms with van der Waals surface area (Å²) < 4.78 is 18.9. The van der Waals surface area contributed by atoms with E-state index in [1.807, 2.05) is 23.6 Å². The smallest absolute Gasteiger partial charge is 0.257 e. The van der Waals surface area contributed by atoms with Crippen molar-refractivity contribution in [1.29, 1.82) is 0 Å². The Balaban J connectivity index is 1.58. The molecule has 4 rings (SSSR count). The molecule has 1 amide bonds. The van der Waals surface area contributed by atoms with Gasteiger partial charge in [-0.2, -0.15) is 5.10 Å². The molecular weight excluding hydrogens is 353 g/mol. The molecule has 26 heavy (non-hydrogen) atoms. The number of benzene rings is 1. The molecule has 136 valence electrons. The summed E-state index contributed by atoms with van der Waals surface area (Å²) in [6.07, 6.45) is 0.596. The second-order valence-electron chi connectivity index (χ2n) is 6.42. The van der Waals surface area contributed by atoms with E-state index in [4.69, 9.17) is 4.74 Å². The van der Waals surface area contributed by atoms with Gasteiger partial charge in [-0.3, -0.25) is 9.69 Å². The van der Waals surface area contributed by atoms with Gasteiger partial charge in [0.15, 0.2) is 0 Å². The van der Waals surface area contributed by atoms with Crippen molar-refractivity contribution in [1.82, 2.24) is 9.91 Å². The van der Waals surface area contributed by atoms with Crippen molar-refractivity contribution in [3.8, 4) is 0 Å². The molecular formula is C19H20FN3O2S. The Bertz CT molecular complexity index is 803. The van der Waals surface area contributed by atoms with Crippen LogP contribution in [0.15, 0.2) is 46.9 Å². The first-order valence-electron chi connectivity index (χ1n) is 8.70. The molecule has 1 aromatic carbocycles. The zero-order chi connectivity index (χ0) is 17.9. The third-order valence-corrected chi connectivity index (χ3v) is 5.63. The van der Waals surface area contributed by atoms with Gasteiger partial charge in [-0.1, -0.05) is 18.2 Å². The van der Waals surface area contributed by atoms with Crippen LogP contribution >= 0.6 is 11.3 Å². The second kappa shape index (κ2) is 7.65. The lowest BCUT2D eigenvalue weighted by atomic mass is 10.0. The van der Waals surface area contributed by atoms with Gasteiger partial charge in [0.05, 0.1) is 31.5 Å². The Morgan fingerprint density at radius 3 is 2.85 bits per heavy atom. The molecule has 1 fully saturated rings. The molecule has 0 saturated carbocycles. The minimum Gasteiger partial charge on any atom is -0.379 e. The lowest BCUT2D eigenvalue weighted by Crippen LogP contribution is -2.43. The van der Waals surface area contributed by atoms with Gasteiger partial charge in [0.2, 0.25) is 0 Å². The van der Waals surface area contributed by atoms with E-state index >= 15 is 0 Å². The number of morpholine rings is 1. The first-order chi connectivity index (χ1) is 12.7. The van der Waals surface area contributed by atoms with Crippen molar-refractivity contribution in [3.05, 3.63) is 58.0 Å². The highest BCUT2D eigenvalue weighted by atomic mass is 32.1. The first kappa shape index (κ1) is 17.3. The zero-order valence-corrected chi connectivity index (χ0v) is 15.1. The highest BCUT2D eigenvalue weighted by Crippen LogP contribution is 2.35. The fraction of sp³-hybridized carbons (Fsp3) is 0.368. The lowest BCUT2D eigenvalue weighted by molar-refractivity contribution is -0.135. The number of hydrogen-bond acceptors (Lipinski definition) is 5. The van der Waals surface area contributed by atoms with E-state index in [1.54, 1.807) is 22.4 Å². The lowest BCUT2D eigenvalue weighted by Gasteiger charge is -2.28. The summed E-state index contributed by atoms with van der Waals surface area (Å²) in [5, 5.41) is 8.17. The van der Waals surface area contributed by atoms with Crippen LogP contribution in [0.4, 0.5) is 4.39 Å². The zero-order valence-electron chi connectivity index (χ0n) is 14.3. The maximum Gasteiger partial charge on any atom is 0.257 e. The van der Waals surface area contributed by atoms with E-state index < -0.39 is 0 Å². The summed E-state index contributed by atoms with van der Waals surface area (Å²) in [7, 11) is 0. The summed E-state index contributed by atoms with van der Waals surface area (Å²) in [4.78, 5) is 16.1. The molecule has 0 N–H and O–H groups in total. The molecule has 5 nitrogen and oxygen atoms in total. The second-order valence-corrected chi connectivity index (χ2v) is 7.40. The third-order valence-electron chi connectivity index (χ3n) is 4.66. The Kier molecular flexibility index (Phi) is 5.10. The number of hydrazone groups is 1. The normalized spacial score (nSPS) is 21.0. The molecule has 0 aliphatic carbocycles. The summed E-state index contributed by atoms with van der Waals surface area (Å²) >= 11 is 1.61. The van der Waals surface area contributed by atoms with Crippen LogP contribution in [0.2, 0.25) is 0 Å². The van der Waals surface area contributed by atoms with Gasteiger partial charge in [-0.15, -0.1) is 11.3 Å². The number of carbonyl (C=O) groups is 1. The molecule has 0 unspecified atom stereocenters. The monoisotopic (exact) mass is 373 g/mol. The quantitative estimate of drug-likeness (QED) is 0.828. The SMILES string of the molecule is O=C(CN1CCOCC1)N1N=C(c2cccc(F)c2)C[C@@H]1c1cccs1. The molecule has 2 aliphatic rings. The van der Waals surface area contributed by atoms with E-state index in [0.717, 1.165) is 29.2 Å². The summed E-state index contributed by atoms with van der Waals surface area (Å²) in [5.41, 5.74) is 1.48. The largest absolute Gasteiger partial charge is 0.379 e. The minimum absolute atomic E-state index is 0.0308. The molecule has 7 heteroatoms. The molecule has 3 heterocycles. The van der Waals surface area contributed by atoms with Crippen molar-refractivity contribution in [3.63, 3.8) is 0 Å². The average Bonchev–Trinajstić information content (AvgIpc) is 3.32. The summed E-state index contributed by atoms with van der Waals surface area (Å²) in [6.45, 7) is 3.14. The molecule has 1 atom stereocenters. The topological polar surface area (TPSA) is 45.1 Å². The van der Waals surface area contributed by atoms with E-state index in [2.05, 4.69) is 10.0 Å². The Hall–Kier alpha value is -2.09. The summed E-state index contributed by atoms with van der Waals surface area (Å²) in [5.74, 6) is -0.326. The van der Waals surface area contributed by atoms with Crippen molar-refractivity contribution in [2.75, 3.05) is 32.8 Å². The fourth-order valence-corrected chi connectivity index (χ4v) is 4.12. The van der Waals surface area contributed by atoms with Crippen LogP contribution in [0.1, 0.15) is 22.9 Å². The standard InChI is InChI=1S/C19H20FN3O2S/c20-15-4-1-3-14(11-15)16-12-17(18-5-2-10-26-18)23(21-16)19(24)13-22-6-8-25-9-7-22/h1-5,10-11,17H,6-9,12-13H2/t17-/m1/s1. The van der Waals surface area contributed by atoms with Crippen molar-refractivity contribution in [2.24, 2.45) is 5.10 Å². The Morgan fingerprint density at radius 1 is 1.27 bits per heavy atom. The van der Waals surface area contributed by atoms with Gasteiger partial charge < -0.3 is 4.74 Å². The number of amides is 1. The van der Waals surface area contributed by atoms with Gasteiger partial charge in [0.1, 0.15) is 5.82 Å². The highest BCUT2D eigenvalue weighted by Gasteiger charge is 2.34. The Morgan fingerprint density at radius 2 is 2.12 bits per heavy atom. The average molecular weight is 373 g/mol. The minimum atomic E-state index is -0.295. The van der Waals surface area contributed by atoms with Gasteiger partial charge in [0, 0.05) is 30.0 Å². The van der Waals surface area contributed by atoms with Crippen LogP contribution < -0.4 is 0 Å². The van der Waals surface area contributed by atoms with Gasteiger partial charge >= 0.3 is 0 Å². The molecule has 1 saturated heterocycles. The maximum absolute atomic E-state index is 13.6. The van der Waals surface area contributed by atoms with Crippen molar-refractivity contribution in [2.45, 2.75) is 12.5 Å². The highest BCUT2D eigenvalue weighted by molar-refractivity contribution is 7.10. The van der Waals surface area contributed by atoms with Crippen LogP contribution in [-0.4, -0.2) is 54.4 Å². The van der Waals surface area contributed by atoms with Gasteiger partial charge in [-0.25, -0.2) is 9.40 Å². The van der Waals surface area contributed by atoms with Crippen LogP contribution in [0.3, 0.4) is 0 Å². The van der Waals surface area contributed by atoms with Crippen molar-refractivity contribution < 1.29 is 13.9 Å². The molecule has 0 radical (unpaired) electrons. The predicted molar refractivity (Wildman–Crippen MR) is 98.7 cm³/mol. The molecule has 2 aliphatic heterocycles. The van der Waals surface area contributed by atoms with E-state index in [1.165, 1.54) is 12.1 Å². The van der Waals surface area contributed by atoms with Crippen LogP contribution in [0.25, 0.3) is 0 Å². The molecule has 0 spiro atoms. The van der Waals surface area contributed by atoms with Crippen LogP contribution in [-0.2, 0) is 9.53 Å². The number of ether oxygens (including phenoxy) is 1. The number of halogens is 1. The first-order valence-corrected chi connectivity index (χ1v) is 9.57. The van der Waals surface area contributed by atoms with Crippen molar-refractivity contribution >= 4 is 23.0 Å².